The van der Waals surface area contributed by atoms with Gasteiger partial charge in [-0.25, -0.2) is 4.98 Å². The Morgan fingerprint density at radius 2 is 2.00 bits per heavy atom. The van der Waals surface area contributed by atoms with Crippen molar-refractivity contribution in [3.63, 3.8) is 0 Å². The summed E-state index contributed by atoms with van der Waals surface area (Å²) in [6.07, 6.45) is 0.777. The third-order valence-electron chi connectivity index (χ3n) is 4.71. The second kappa shape index (κ2) is 7.20. The fraction of sp³-hybridized carbons (Fsp3) is 0.250. The molecule has 1 aliphatic rings. The molecule has 1 aromatic heterocycles. The molecule has 3 aromatic rings. The lowest BCUT2D eigenvalue weighted by molar-refractivity contribution is -0.131. The van der Waals surface area contributed by atoms with E-state index in [-0.39, 0.29) is 31.4 Å². The van der Waals surface area contributed by atoms with Crippen LogP contribution in [0.3, 0.4) is 0 Å². The van der Waals surface area contributed by atoms with Crippen molar-refractivity contribution in [1.29, 1.82) is 0 Å². The van der Waals surface area contributed by atoms with Gasteiger partial charge in [0, 0.05) is 25.2 Å². The van der Waals surface area contributed by atoms with Crippen LogP contribution in [0.15, 0.2) is 54.9 Å². The number of fused-ring (bicyclic) bond motifs is 1. The number of benzene rings is 2. The van der Waals surface area contributed by atoms with Gasteiger partial charge in [-0.05, 0) is 23.8 Å². The topological polar surface area (TPSA) is 89.5 Å². The summed E-state index contributed by atoms with van der Waals surface area (Å²) in [5.74, 6) is -0.452. The van der Waals surface area contributed by atoms with Crippen LogP contribution in [-0.2, 0) is 11.3 Å². The number of imidazole rings is 1. The number of rotatable bonds is 3. The lowest BCUT2D eigenvalue weighted by Crippen LogP contribution is -2.39. The number of H-pyrrole nitrogens is 1. The Bertz CT molecular complexity index is 970. The monoisotopic (exact) mass is 364 g/mol. The standard InChI is InChI=1S/C20H20N4O3/c25-16-10-23(9-14-4-2-1-3-5-14)19(26)12-24(11-16)20(27)15-6-7-17-18(8-15)22-13-21-17/h1-8,13,16,25H,9-12H2,(H,21,22). The van der Waals surface area contributed by atoms with E-state index in [2.05, 4.69) is 9.97 Å². The third-order valence-corrected chi connectivity index (χ3v) is 4.71. The van der Waals surface area contributed by atoms with Crippen LogP contribution in [-0.4, -0.2) is 62.4 Å². The molecule has 1 aliphatic heterocycles. The van der Waals surface area contributed by atoms with Crippen molar-refractivity contribution < 1.29 is 14.7 Å². The second-order valence-electron chi connectivity index (χ2n) is 6.73. The highest BCUT2D eigenvalue weighted by Crippen LogP contribution is 2.16. The quantitative estimate of drug-likeness (QED) is 0.735. The number of carbonyl (C=O) groups is 2. The average Bonchev–Trinajstić information content (AvgIpc) is 3.09. The van der Waals surface area contributed by atoms with E-state index in [0.717, 1.165) is 16.6 Å². The predicted molar refractivity (Wildman–Crippen MR) is 99.9 cm³/mol. The van der Waals surface area contributed by atoms with Crippen molar-refractivity contribution in [2.45, 2.75) is 12.6 Å². The summed E-state index contributed by atoms with van der Waals surface area (Å²) in [7, 11) is 0. The maximum Gasteiger partial charge on any atom is 0.254 e. The minimum Gasteiger partial charge on any atom is -0.389 e. The van der Waals surface area contributed by atoms with E-state index in [1.807, 2.05) is 30.3 Å². The van der Waals surface area contributed by atoms with Gasteiger partial charge in [-0.3, -0.25) is 9.59 Å². The number of hydrogen-bond acceptors (Lipinski definition) is 4. The Morgan fingerprint density at radius 3 is 2.81 bits per heavy atom. The van der Waals surface area contributed by atoms with E-state index < -0.39 is 6.10 Å². The smallest absolute Gasteiger partial charge is 0.254 e. The van der Waals surface area contributed by atoms with E-state index in [1.165, 1.54) is 4.90 Å². The first-order valence-corrected chi connectivity index (χ1v) is 8.82. The lowest BCUT2D eigenvalue weighted by Gasteiger charge is -2.22. The number of aliphatic hydroxyl groups excluding tert-OH is 1. The fourth-order valence-corrected chi connectivity index (χ4v) is 3.36. The van der Waals surface area contributed by atoms with Gasteiger partial charge < -0.3 is 19.9 Å². The van der Waals surface area contributed by atoms with Crippen LogP contribution < -0.4 is 0 Å². The van der Waals surface area contributed by atoms with Gasteiger partial charge >= 0.3 is 0 Å². The number of nitrogens with zero attached hydrogens (tertiary/aromatic N) is 3. The van der Waals surface area contributed by atoms with Gasteiger partial charge in [0.25, 0.3) is 5.91 Å². The van der Waals surface area contributed by atoms with Crippen LogP contribution >= 0.6 is 0 Å². The minimum absolute atomic E-state index is 0.0518. The number of aromatic amines is 1. The molecule has 2 aromatic carbocycles. The predicted octanol–water partition coefficient (Wildman–Crippen LogP) is 1.41. The molecule has 138 valence electrons. The summed E-state index contributed by atoms with van der Waals surface area (Å²) in [5, 5.41) is 10.4. The molecule has 2 heterocycles. The van der Waals surface area contributed by atoms with E-state index in [0.29, 0.717) is 12.1 Å². The minimum atomic E-state index is -0.792. The van der Waals surface area contributed by atoms with Crippen LogP contribution in [0, 0.1) is 0 Å². The van der Waals surface area contributed by atoms with Gasteiger partial charge in [-0.1, -0.05) is 30.3 Å². The lowest BCUT2D eigenvalue weighted by atomic mass is 10.1. The maximum absolute atomic E-state index is 12.9. The molecular formula is C20H20N4O3. The number of aliphatic hydroxyl groups is 1. The molecule has 0 spiro atoms. The van der Waals surface area contributed by atoms with E-state index in [9.17, 15) is 14.7 Å². The van der Waals surface area contributed by atoms with Crippen molar-refractivity contribution in [1.82, 2.24) is 19.8 Å². The van der Waals surface area contributed by atoms with Gasteiger partial charge in [0.2, 0.25) is 5.91 Å². The number of β-amino-alcohol motifs (C(OH)–C–C–N with tert-alkyl or cyclic N) is 1. The van der Waals surface area contributed by atoms with Crippen LogP contribution in [0.4, 0.5) is 0 Å². The molecule has 1 atom stereocenters. The summed E-state index contributed by atoms with van der Waals surface area (Å²) in [6.45, 7) is 0.691. The summed E-state index contributed by atoms with van der Waals surface area (Å²) in [6, 6.07) is 14.8. The summed E-state index contributed by atoms with van der Waals surface area (Å²) < 4.78 is 0. The normalized spacial score (nSPS) is 18.0. The zero-order chi connectivity index (χ0) is 18.8. The molecule has 2 N–H and O–H groups in total. The molecule has 0 radical (unpaired) electrons. The molecule has 1 saturated heterocycles. The molecule has 27 heavy (non-hydrogen) atoms. The summed E-state index contributed by atoms with van der Waals surface area (Å²) in [5.41, 5.74) is 2.98. The second-order valence-corrected chi connectivity index (χ2v) is 6.73. The zero-order valence-electron chi connectivity index (χ0n) is 14.7. The molecule has 0 saturated carbocycles. The first kappa shape index (κ1) is 17.2. The van der Waals surface area contributed by atoms with Crippen LogP contribution in [0.5, 0.6) is 0 Å². The Labute approximate surface area is 156 Å². The largest absolute Gasteiger partial charge is 0.389 e. The summed E-state index contributed by atoms with van der Waals surface area (Å²) in [4.78, 5) is 35.7. The van der Waals surface area contributed by atoms with Crippen molar-refractivity contribution >= 4 is 22.8 Å². The molecule has 7 heteroatoms. The van der Waals surface area contributed by atoms with Crippen LogP contribution in [0.1, 0.15) is 15.9 Å². The highest BCUT2D eigenvalue weighted by atomic mass is 16.3. The number of aromatic nitrogens is 2. The molecule has 4 rings (SSSR count). The fourth-order valence-electron chi connectivity index (χ4n) is 3.36. The highest BCUT2D eigenvalue weighted by Gasteiger charge is 2.30. The molecule has 1 unspecified atom stereocenters. The number of amides is 2. The molecule has 0 bridgehead atoms. The Kier molecular flexibility index (Phi) is 4.60. The molecule has 7 nitrogen and oxygen atoms in total. The van der Waals surface area contributed by atoms with E-state index >= 15 is 0 Å². The van der Waals surface area contributed by atoms with Crippen molar-refractivity contribution in [2.24, 2.45) is 0 Å². The maximum atomic E-state index is 12.9. The van der Waals surface area contributed by atoms with Crippen molar-refractivity contribution in [3.05, 3.63) is 66.0 Å². The molecule has 1 fully saturated rings. The van der Waals surface area contributed by atoms with Gasteiger partial charge in [-0.2, -0.15) is 0 Å². The van der Waals surface area contributed by atoms with E-state index in [1.54, 1.807) is 29.4 Å². The van der Waals surface area contributed by atoms with Gasteiger partial charge in [-0.15, -0.1) is 0 Å². The molecule has 0 aliphatic carbocycles. The number of nitrogens with one attached hydrogen (secondary N) is 1. The molecule has 2 amide bonds. The van der Waals surface area contributed by atoms with Crippen LogP contribution in [0.2, 0.25) is 0 Å². The number of carbonyl (C=O) groups excluding carboxylic acids is 2. The van der Waals surface area contributed by atoms with Crippen molar-refractivity contribution in [2.75, 3.05) is 19.6 Å². The van der Waals surface area contributed by atoms with Gasteiger partial charge in [0.15, 0.2) is 0 Å². The van der Waals surface area contributed by atoms with Crippen molar-refractivity contribution in [3.8, 4) is 0 Å². The average molecular weight is 364 g/mol. The van der Waals surface area contributed by atoms with Gasteiger partial charge in [0.1, 0.15) is 6.54 Å². The summed E-state index contributed by atoms with van der Waals surface area (Å²) >= 11 is 0. The Hall–Kier alpha value is -3.19. The third kappa shape index (κ3) is 3.68. The SMILES string of the molecule is O=C1CN(C(=O)c2ccc3nc[nH]c3c2)CC(O)CN1Cc1ccccc1. The zero-order valence-corrected chi connectivity index (χ0v) is 14.7. The molecular weight excluding hydrogens is 344 g/mol. The first-order valence-electron chi connectivity index (χ1n) is 8.82. The first-order chi connectivity index (χ1) is 13.1. The highest BCUT2D eigenvalue weighted by molar-refractivity contribution is 5.99. The Morgan fingerprint density at radius 1 is 1.19 bits per heavy atom. The van der Waals surface area contributed by atoms with E-state index in [4.69, 9.17) is 0 Å². The number of hydrogen-bond donors (Lipinski definition) is 2. The van der Waals surface area contributed by atoms with Gasteiger partial charge in [0.05, 0.1) is 23.5 Å². The van der Waals surface area contributed by atoms with Crippen LogP contribution in [0.25, 0.3) is 11.0 Å². The Balaban J connectivity index is 1.52.